The van der Waals surface area contributed by atoms with Crippen LogP contribution in [0.5, 0.6) is 0 Å². The molecule has 1 aromatic carbocycles. The maximum atomic E-state index is 14.9. The average Bonchev–Trinajstić information content (AvgIpc) is 3.21. The molecule has 0 saturated heterocycles. The minimum atomic E-state index is -5.29. The first-order valence-corrected chi connectivity index (χ1v) is 12.3. The van der Waals surface area contributed by atoms with Crippen LogP contribution in [0.1, 0.15) is 56.6 Å². The second-order valence-corrected chi connectivity index (χ2v) is 11.3. The molecule has 4 unspecified atom stereocenters. The van der Waals surface area contributed by atoms with Crippen LogP contribution < -0.4 is 68.9 Å². The topological polar surface area (TPSA) is 110 Å². The fourth-order valence-corrected chi connectivity index (χ4v) is 8.28. The fourth-order valence-electron chi connectivity index (χ4n) is 7.66. The molecular weight excluding hydrogens is 468 g/mol. The Kier molecular flexibility index (Phi) is 7.28. The summed E-state index contributed by atoms with van der Waals surface area (Å²) in [6, 6.07) is 4.33. The molecule has 4 fully saturated rings. The zero-order chi connectivity index (χ0) is 21.6. The second kappa shape index (κ2) is 9.07. The molecule has 11 heteroatoms. The van der Waals surface area contributed by atoms with Crippen molar-refractivity contribution in [3.63, 3.8) is 0 Å². The summed E-state index contributed by atoms with van der Waals surface area (Å²) >= 11 is 0. The van der Waals surface area contributed by atoms with Crippen LogP contribution >= 0.6 is 7.82 Å². The zero-order valence-corrected chi connectivity index (χ0v) is 23.8. The first-order chi connectivity index (χ1) is 14.6. The molecule has 4 atom stereocenters. The molecule has 4 saturated carbocycles. The van der Waals surface area contributed by atoms with Gasteiger partial charge in [-0.15, -0.1) is 0 Å². The summed E-state index contributed by atoms with van der Waals surface area (Å²) in [4.78, 5) is 27.8. The third kappa shape index (κ3) is 4.53. The van der Waals surface area contributed by atoms with Gasteiger partial charge in [-0.05, 0) is 62.8 Å². The van der Waals surface area contributed by atoms with Crippen LogP contribution in [0.2, 0.25) is 0 Å². The van der Waals surface area contributed by atoms with Gasteiger partial charge < -0.3 is 28.5 Å². The molecule has 0 spiro atoms. The second-order valence-electron chi connectivity index (χ2n) is 10.2. The number of nitrogens with zero attached hydrogens (tertiary/aromatic N) is 2. The van der Waals surface area contributed by atoms with Crippen molar-refractivity contribution in [3.8, 4) is 11.3 Å². The quantitative estimate of drug-likeness (QED) is 0.343. The van der Waals surface area contributed by atoms with Gasteiger partial charge in [0.2, 0.25) is 0 Å². The van der Waals surface area contributed by atoms with E-state index < -0.39 is 31.0 Å². The van der Waals surface area contributed by atoms with Crippen molar-refractivity contribution < 1.29 is 87.5 Å². The van der Waals surface area contributed by atoms with Crippen LogP contribution in [0.15, 0.2) is 30.7 Å². The summed E-state index contributed by atoms with van der Waals surface area (Å²) in [6.45, 7) is 0. The normalized spacial score (nSPS) is 34.2. The maximum Gasteiger partial charge on any atom is 1.00 e. The molecular formula is C22H24FN2Na2O5P. The Labute approximate surface area is 236 Å². The van der Waals surface area contributed by atoms with E-state index in [-0.39, 0.29) is 71.4 Å². The summed E-state index contributed by atoms with van der Waals surface area (Å²) in [5, 5.41) is 11.1. The monoisotopic (exact) mass is 492 g/mol. The first kappa shape index (κ1) is 26.5. The molecule has 166 valence electrons. The van der Waals surface area contributed by atoms with E-state index in [9.17, 15) is 23.8 Å². The van der Waals surface area contributed by atoms with Crippen molar-refractivity contribution in [2.24, 2.45) is 17.3 Å². The van der Waals surface area contributed by atoms with E-state index in [4.69, 9.17) is 4.52 Å². The summed E-state index contributed by atoms with van der Waals surface area (Å²) in [6.07, 6.45) is 6.83. The molecule has 7 nitrogen and oxygen atoms in total. The Balaban J connectivity index is 0.00000130. The number of phosphoric ester groups is 1. The number of hydrogen-bond donors (Lipinski definition) is 1. The van der Waals surface area contributed by atoms with Gasteiger partial charge in [0.05, 0.1) is 43.8 Å². The summed E-state index contributed by atoms with van der Waals surface area (Å²) < 4.78 is 33.8. The summed E-state index contributed by atoms with van der Waals surface area (Å²) in [5.74, 6) is 0.222. The Morgan fingerprint density at radius 2 is 1.94 bits per heavy atom. The average molecular weight is 492 g/mol. The third-order valence-electron chi connectivity index (χ3n) is 8.12. The van der Waals surface area contributed by atoms with Crippen molar-refractivity contribution in [3.05, 3.63) is 42.1 Å². The maximum absolute atomic E-state index is 14.9. The van der Waals surface area contributed by atoms with Crippen molar-refractivity contribution in [1.82, 2.24) is 9.55 Å². The van der Waals surface area contributed by atoms with Gasteiger partial charge in [-0.2, -0.15) is 0 Å². The standard InChI is InChI=1S/C22H26FN2O5P.2Na/c23-16-3-1-2-15-18-10-24-12-25(18)17(20(15)16)5-19(30-31(27,28)29)21-6-13-4-14(7-21)9-22(26,8-13)11-21;;/h1-3,10,12-14,17,19,26H,4-9,11H2,(H2,27,28,29);;/q;2*+1/p-2. The van der Waals surface area contributed by atoms with E-state index in [2.05, 4.69) is 4.98 Å². The number of phosphoric acid groups is 1. The summed E-state index contributed by atoms with van der Waals surface area (Å²) in [7, 11) is -5.29. The van der Waals surface area contributed by atoms with Gasteiger partial charge in [-0.1, -0.05) is 12.1 Å². The molecule has 2 heterocycles. The van der Waals surface area contributed by atoms with Gasteiger partial charge in [-0.3, -0.25) is 0 Å². The van der Waals surface area contributed by atoms with Crippen LogP contribution in [-0.2, 0) is 9.09 Å². The first-order valence-electron chi connectivity index (χ1n) is 10.9. The Bertz CT molecular complexity index is 1090. The predicted octanol–water partition coefficient (Wildman–Crippen LogP) is -3.46. The van der Waals surface area contributed by atoms with E-state index >= 15 is 0 Å². The van der Waals surface area contributed by atoms with Crippen LogP contribution in [0.3, 0.4) is 0 Å². The number of hydrogen-bond acceptors (Lipinski definition) is 6. The largest absolute Gasteiger partial charge is 1.00 e. The van der Waals surface area contributed by atoms with E-state index in [0.29, 0.717) is 23.8 Å². The number of imidazole rings is 1. The van der Waals surface area contributed by atoms with Crippen molar-refractivity contribution >= 4 is 7.82 Å². The summed E-state index contributed by atoms with van der Waals surface area (Å²) in [5.41, 5.74) is 0.523. The van der Waals surface area contributed by atoms with E-state index in [1.165, 1.54) is 6.07 Å². The minimum Gasteiger partial charge on any atom is -0.790 e. The van der Waals surface area contributed by atoms with E-state index in [1.54, 1.807) is 18.6 Å². The van der Waals surface area contributed by atoms with Gasteiger partial charge >= 0.3 is 59.1 Å². The smallest absolute Gasteiger partial charge is 0.790 e. The number of fused-ring (bicyclic) bond motifs is 3. The SMILES string of the molecule is O=P([O-])([O-])OC(CC1c2c(F)cccc2-c2cncn21)C12CC3CC(CC(O)(C3)C1)C2.[Na+].[Na+]. The minimum absolute atomic E-state index is 0. The zero-order valence-electron chi connectivity index (χ0n) is 18.9. The predicted molar refractivity (Wildman–Crippen MR) is 105 cm³/mol. The molecule has 2 aromatic rings. The Morgan fingerprint density at radius 1 is 1.24 bits per heavy atom. The van der Waals surface area contributed by atoms with Gasteiger partial charge in [0.25, 0.3) is 0 Å². The van der Waals surface area contributed by atoms with E-state index in [0.717, 1.165) is 43.4 Å². The van der Waals surface area contributed by atoms with Crippen LogP contribution in [0, 0.1) is 23.1 Å². The van der Waals surface area contributed by atoms with Crippen molar-refractivity contribution in [1.29, 1.82) is 0 Å². The molecule has 7 rings (SSSR count). The Hall–Kier alpha value is 0.430. The molecule has 1 aromatic heterocycles. The van der Waals surface area contributed by atoms with Crippen LogP contribution in [-0.4, -0.2) is 26.4 Å². The number of aliphatic hydroxyl groups is 1. The van der Waals surface area contributed by atoms with Gasteiger partial charge in [0.15, 0.2) is 0 Å². The molecule has 0 amide bonds. The van der Waals surface area contributed by atoms with Crippen molar-refractivity contribution in [2.45, 2.75) is 62.7 Å². The molecule has 4 aliphatic carbocycles. The number of aromatic nitrogens is 2. The van der Waals surface area contributed by atoms with Gasteiger partial charge in [0.1, 0.15) is 5.82 Å². The fraction of sp³-hybridized carbons (Fsp3) is 0.591. The molecule has 1 N–H and O–H groups in total. The molecule has 4 bridgehead atoms. The number of benzene rings is 1. The molecule has 33 heavy (non-hydrogen) atoms. The van der Waals surface area contributed by atoms with Gasteiger partial charge in [-0.25, -0.2) is 9.37 Å². The van der Waals surface area contributed by atoms with Crippen LogP contribution in [0.4, 0.5) is 4.39 Å². The van der Waals surface area contributed by atoms with E-state index in [1.807, 2.05) is 10.6 Å². The number of rotatable bonds is 5. The number of halogens is 1. The molecule has 5 aliphatic rings. The molecule has 0 radical (unpaired) electrons. The van der Waals surface area contributed by atoms with Gasteiger partial charge in [0, 0.05) is 16.5 Å². The third-order valence-corrected chi connectivity index (χ3v) is 8.63. The molecule has 1 aliphatic heterocycles. The van der Waals surface area contributed by atoms with Crippen LogP contribution in [0.25, 0.3) is 11.3 Å². The Morgan fingerprint density at radius 3 is 2.58 bits per heavy atom. The van der Waals surface area contributed by atoms with Crippen molar-refractivity contribution in [2.75, 3.05) is 0 Å².